The number of rotatable bonds is 5. The Kier molecular flexibility index (Phi) is 8.69. The van der Waals surface area contributed by atoms with Crippen LogP contribution < -0.4 is 14.7 Å². The Bertz CT molecular complexity index is 1660. The number of likely N-dealkylation sites (tertiary alicyclic amines) is 2. The van der Waals surface area contributed by atoms with Crippen LogP contribution in [0.2, 0.25) is 5.02 Å². The highest BCUT2D eigenvalue weighted by atomic mass is 35.5. The summed E-state index contributed by atoms with van der Waals surface area (Å²) in [5, 5.41) is 10.7. The Morgan fingerprint density at radius 2 is 1.94 bits per heavy atom. The number of carbonyl (C=O) groups is 3. The van der Waals surface area contributed by atoms with Crippen molar-refractivity contribution >= 4 is 46.5 Å². The van der Waals surface area contributed by atoms with Gasteiger partial charge < -0.3 is 14.7 Å². The Balaban J connectivity index is 1.30. The Morgan fingerprint density at radius 3 is 2.62 bits per heavy atom. The predicted octanol–water partition coefficient (Wildman–Crippen LogP) is 4.13. The Morgan fingerprint density at radius 1 is 1.19 bits per heavy atom. The van der Waals surface area contributed by atoms with Gasteiger partial charge in [-0.2, -0.15) is 18.4 Å². The lowest BCUT2D eigenvalue weighted by molar-refractivity contribution is -0.137. The van der Waals surface area contributed by atoms with E-state index in [0.29, 0.717) is 49.0 Å². The number of hydrogen-bond donors (Lipinski definition) is 0. The van der Waals surface area contributed by atoms with Crippen molar-refractivity contribution in [3.8, 4) is 6.07 Å². The molecule has 14 heteroatoms. The Labute approximate surface area is 276 Å². The largest absolute Gasteiger partial charge is 0.416 e. The van der Waals surface area contributed by atoms with Crippen molar-refractivity contribution in [3.05, 3.63) is 59.3 Å². The number of nitriles is 1. The summed E-state index contributed by atoms with van der Waals surface area (Å²) in [5.41, 5.74) is 0.240. The number of fused-ring (bicyclic) bond motifs is 2. The number of pyridine rings is 1. The molecular formula is C33H35ClF3N7O3. The molecule has 0 bridgehead atoms. The van der Waals surface area contributed by atoms with E-state index in [-0.39, 0.29) is 48.3 Å². The topological polar surface area (TPSA) is 104 Å². The zero-order valence-electron chi connectivity index (χ0n) is 26.1. The van der Waals surface area contributed by atoms with Gasteiger partial charge in [-0.15, -0.1) is 0 Å². The molecule has 6 rings (SSSR count). The second-order valence-electron chi connectivity index (χ2n) is 12.8. The number of nitrogens with zero attached hydrogens (tertiary/aromatic N) is 7. The fourth-order valence-corrected chi connectivity index (χ4v) is 7.72. The number of alkyl halides is 3. The van der Waals surface area contributed by atoms with Crippen LogP contribution in [0.25, 0.3) is 0 Å². The van der Waals surface area contributed by atoms with Crippen LogP contribution in [0.3, 0.4) is 0 Å². The molecule has 0 radical (unpaired) electrons. The van der Waals surface area contributed by atoms with Gasteiger partial charge in [-0.3, -0.25) is 24.2 Å². The van der Waals surface area contributed by atoms with Gasteiger partial charge >= 0.3 is 6.18 Å². The summed E-state index contributed by atoms with van der Waals surface area (Å²) in [7, 11) is 1.57. The lowest BCUT2D eigenvalue weighted by atomic mass is 9.84. The summed E-state index contributed by atoms with van der Waals surface area (Å²) in [6, 6.07) is 8.49. The normalized spacial score (nSPS) is 25.5. The third-order valence-corrected chi connectivity index (χ3v) is 10.2. The molecule has 2 aromatic rings. The van der Waals surface area contributed by atoms with E-state index in [9.17, 15) is 32.8 Å². The van der Waals surface area contributed by atoms with E-state index in [2.05, 4.69) is 22.5 Å². The smallest absolute Gasteiger partial charge is 0.368 e. The highest BCUT2D eigenvalue weighted by molar-refractivity contribution is 6.34. The van der Waals surface area contributed by atoms with Gasteiger partial charge in [0.25, 0.3) is 0 Å². The average Bonchev–Trinajstić information content (AvgIpc) is 3.33. The molecule has 0 saturated carbocycles. The standard InChI is InChI=1S/C33H35ClF3N7O3/c1-4-28(45)42-17-24(18-42)41-9-8-20(22(13-38)16-41)14-43-15-21-11-29(46)44(27-12-23(33(35,36)37)10-19(2)39-27)30(21)32(47)40(3)26-7-5-6-25(34)31(26)43/h4-7,10,12,20-22,24,30H,1,8-9,11,14-18H2,2-3H3/t20-,21+,22+,30-/m0/s1. The lowest BCUT2D eigenvalue weighted by Crippen LogP contribution is -2.63. The fourth-order valence-electron chi connectivity index (χ4n) is 7.43. The number of piperidine rings is 1. The summed E-state index contributed by atoms with van der Waals surface area (Å²) in [6.45, 7) is 8.09. The number of carbonyl (C=O) groups excluding carboxylic acids is 3. The van der Waals surface area contributed by atoms with E-state index in [1.807, 2.05) is 4.90 Å². The average molecular weight is 670 g/mol. The van der Waals surface area contributed by atoms with Crippen LogP contribution in [0, 0.1) is 36.0 Å². The van der Waals surface area contributed by atoms with Crippen LogP contribution in [-0.2, 0) is 20.6 Å². The van der Waals surface area contributed by atoms with Gasteiger partial charge in [-0.25, -0.2) is 4.98 Å². The van der Waals surface area contributed by atoms with Crippen LogP contribution in [-0.4, -0.2) is 90.9 Å². The van der Waals surface area contributed by atoms with Crippen molar-refractivity contribution in [2.24, 2.45) is 17.8 Å². The molecule has 0 unspecified atom stereocenters. The summed E-state index contributed by atoms with van der Waals surface area (Å²) >= 11 is 6.79. The van der Waals surface area contributed by atoms with Gasteiger partial charge in [0, 0.05) is 63.8 Å². The van der Waals surface area contributed by atoms with Gasteiger partial charge in [0.1, 0.15) is 11.9 Å². The molecule has 1 aromatic carbocycles. The van der Waals surface area contributed by atoms with Crippen molar-refractivity contribution in [2.75, 3.05) is 61.0 Å². The van der Waals surface area contributed by atoms with E-state index in [1.165, 1.54) is 17.9 Å². The zero-order chi connectivity index (χ0) is 33.8. The van der Waals surface area contributed by atoms with Crippen LogP contribution >= 0.6 is 11.6 Å². The third kappa shape index (κ3) is 6.05. The first-order valence-electron chi connectivity index (χ1n) is 15.5. The molecule has 4 aliphatic rings. The van der Waals surface area contributed by atoms with Gasteiger partial charge in [0.05, 0.1) is 33.9 Å². The molecule has 248 valence electrons. The molecule has 3 amide bonds. The number of halogens is 4. The van der Waals surface area contributed by atoms with Gasteiger partial charge in [-0.1, -0.05) is 24.2 Å². The first kappa shape index (κ1) is 32.8. The van der Waals surface area contributed by atoms with E-state index in [1.54, 1.807) is 30.1 Å². The minimum atomic E-state index is -4.66. The van der Waals surface area contributed by atoms with Crippen LogP contribution in [0.1, 0.15) is 24.1 Å². The number of anilines is 3. The summed E-state index contributed by atoms with van der Waals surface area (Å²) in [4.78, 5) is 52.4. The molecule has 3 saturated heterocycles. The first-order chi connectivity index (χ1) is 22.3. The molecule has 10 nitrogen and oxygen atoms in total. The molecule has 4 atom stereocenters. The number of likely N-dealkylation sites (N-methyl/N-ethyl adjacent to an activating group) is 1. The molecule has 3 fully saturated rings. The number of amides is 3. The van der Waals surface area contributed by atoms with Crippen molar-refractivity contribution in [1.82, 2.24) is 14.8 Å². The number of benzene rings is 1. The first-order valence-corrected chi connectivity index (χ1v) is 15.9. The molecule has 5 heterocycles. The molecule has 1 aromatic heterocycles. The lowest BCUT2D eigenvalue weighted by Gasteiger charge is -2.49. The molecule has 4 aliphatic heterocycles. The maximum absolute atomic E-state index is 14.1. The van der Waals surface area contributed by atoms with E-state index < -0.39 is 35.5 Å². The number of hydrogen-bond acceptors (Lipinski definition) is 7. The van der Waals surface area contributed by atoms with Crippen molar-refractivity contribution in [1.29, 1.82) is 5.26 Å². The van der Waals surface area contributed by atoms with Crippen molar-refractivity contribution in [3.63, 3.8) is 0 Å². The second kappa shape index (κ2) is 12.5. The molecule has 0 aliphatic carbocycles. The van der Waals surface area contributed by atoms with Crippen LogP contribution in [0.5, 0.6) is 0 Å². The van der Waals surface area contributed by atoms with Gasteiger partial charge in [0.2, 0.25) is 17.7 Å². The molecule has 47 heavy (non-hydrogen) atoms. The fraction of sp³-hybridized carbons (Fsp3) is 0.485. The SMILES string of the molecule is C=CC(=O)N1CC(N2CC[C@@H](CN3C[C@H]4CC(=O)N(c5cc(C(F)(F)F)cc(C)n5)[C@@H]4C(=O)N(C)c4cccc(Cl)c43)[C@H](C#N)C2)C1. The maximum Gasteiger partial charge on any atom is 0.416 e. The molecular weight excluding hydrogens is 635 g/mol. The van der Waals surface area contributed by atoms with E-state index in [4.69, 9.17) is 11.6 Å². The molecule has 0 spiro atoms. The minimum Gasteiger partial charge on any atom is -0.368 e. The van der Waals surface area contributed by atoms with Crippen LogP contribution in [0.15, 0.2) is 43.0 Å². The molecule has 0 N–H and O–H groups in total. The zero-order valence-corrected chi connectivity index (χ0v) is 26.8. The minimum absolute atomic E-state index is 0.0637. The maximum atomic E-state index is 14.1. The predicted molar refractivity (Wildman–Crippen MR) is 170 cm³/mol. The summed E-state index contributed by atoms with van der Waals surface area (Å²) in [5.74, 6) is -2.22. The van der Waals surface area contributed by atoms with Gasteiger partial charge in [0.15, 0.2) is 0 Å². The second-order valence-corrected chi connectivity index (χ2v) is 13.2. The van der Waals surface area contributed by atoms with Crippen LogP contribution in [0.4, 0.5) is 30.4 Å². The quantitative estimate of drug-likeness (QED) is 0.441. The van der Waals surface area contributed by atoms with Crippen molar-refractivity contribution in [2.45, 2.75) is 38.0 Å². The summed E-state index contributed by atoms with van der Waals surface area (Å²) in [6.07, 6.45) is -2.72. The van der Waals surface area contributed by atoms with Crippen molar-refractivity contribution < 1.29 is 27.6 Å². The number of aromatic nitrogens is 1. The number of para-hydroxylation sites is 1. The third-order valence-electron chi connectivity index (χ3n) is 9.90. The summed E-state index contributed by atoms with van der Waals surface area (Å²) < 4.78 is 41.2. The highest BCUT2D eigenvalue weighted by Crippen LogP contribution is 2.44. The number of aryl methyl sites for hydroxylation is 1. The van der Waals surface area contributed by atoms with E-state index in [0.717, 1.165) is 23.6 Å². The highest BCUT2D eigenvalue weighted by Gasteiger charge is 2.50. The monoisotopic (exact) mass is 669 g/mol. The Hall–Kier alpha value is -4.15. The van der Waals surface area contributed by atoms with E-state index >= 15 is 0 Å². The van der Waals surface area contributed by atoms with Gasteiger partial charge in [-0.05, 0) is 56.1 Å².